The predicted octanol–water partition coefficient (Wildman–Crippen LogP) is 5.46. The van der Waals surface area contributed by atoms with Crippen molar-refractivity contribution in [2.75, 3.05) is 0 Å². The molecule has 0 spiro atoms. The van der Waals surface area contributed by atoms with Crippen LogP contribution in [0.25, 0.3) is 0 Å². The highest BCUT2D eigenvalue weighted by Crippen LogP contribution is 2.33. The number of hydrogen-bond donors (Lipinski definition) is 1. The van der Waals surface area contributed by atoms with Crippen LogP contribution in [-0.4, -0.2) is 0 Å². The van der Waals surface area contributed by atoms with Crippen LogP contribution in [0.3, 0.4) is 0 Å². The van der Waals surface area contributed by atoms with Gasteiger partial charge in [0.2, 0.25) is 0 Å². The van der Waals surface area contributed by atoms with E-state index in [1.807, 2.05) is 13.0 Å². The summed E-state index contributed by atoms with van der Waals surface area (Å²) in [6.07, 6.45) is 0. The lowest BCUT2D eigenvalue weighted by molar-refractivity contribution is 0.482. The Morgan fingerprint density at radius 2 is 1.68 bits per heavy atom. The minimum atomic E-state index is -0.0727. The van der Waals surface area contributed by atoms with Gasteiger partial charge in [-0.05, 0) is 36.8 Å². The van der Waals surface area contributed by atoms with Crippen molar-refractivity contribution in [1.29, 1.82) is 0 Å². The van der Waals surface area contributed by atoms with Crippen molar-refractivity contribution in [3.8, 4) is 11.5 Å². The van der Waals surface area contributed by atoms with E-state index in [4.69, 9.17) is 45.3 Å². The second-order valence-corrected chi connectivity index (χ2v) is 5.38. The predicted molar refractivity (Wildman–Crippen MR) is 80.6 cm³/mol. The van der Waals surface area contributed by atoms with Crippen molar-refractivity contribution < 1.29 is 4.74 Å². The van der Waals surface area contributed by atoms with Gasteiger partial charge in [0, 0.05) is 12.1 Å². The molecule has 2 rings (SSSR count). The van der Waals surface area contributed by atoms with Gasteiger partial charge in [-0.1, -0.05) is 40.9 Å². The molecule has 0 saturated heterocycles. The quantitative estimate of drug-likeness (QED) is 0.816. The summed E-state index contributed by atoms with van der Waals surface area (Å²) in [5.74, 6) is 1.12. The molecule has 1 atom stereocenters. The minimum absolute atomic E-state index is 0.0727. The molecule has 0 heterocycles. The molecular weight excluding hydrogens is 305 g/mol. The zero-order valence-electron chi connectivity index (χ0n) is 10.2. The maximum absolute atomic E-state index is 6.15. The van der Waals surface area contributed by atoms with Gasteiger partial charge in [0.15, 0.2) is 0 Å². The Hall–Kier alpha value is -0.930. The first-order chi connectivity index (χ1) is 8.97. The topological polar surface area (TPSA) is 35.2 Å². The smallest absolute Gasteiger partial charge is 0.146 e. The number of benzene rings is 2. The van der Waals surface area contributed by atoms with Crippen LogP contribution in [0.4, 0.5) is 0 Å². The van der Waals surface area contributed by atoms with E-state index < -0.39 is 0 Å². The first-order valence-corrected chi connectivity index (χ1v) is 6.78. The molecule has 2 aromatic carbocycles. The van der Waals surface area contributed by atoms with Gasteiger partial charge >= 0.3 is 0 Å². The molecule has 0 saturated carbocycles. The first-order valence-electron chi connectivity index (χ1n) is 5.65. The normalized spacial score (nSPS) is 12.3. The molecule has 100 valence electrons. The van der Waals surface area contributed by atoms with E-state index in [1.54, 1.807) is 30.3 Å². The highest BCUT2D eigenvalue weighted by molar-refractivity contribution is 6.42. The molecule has 2 nitrogen and oxygen atoms in total. The second kappa shape index (κ2) is 6.02. The average Bonchev–Trinajstić information content (AvgIpc) is 2.36. The van der Waals surface area contributed by atoms with Crippen molar-refractivity contribution in [1.82, 2.24) is 0 Å². The van der Waals surface area contributed by atoms with Crippen LogP contribution in [0.15, 0.2) is 36.4 Å². The van der Waals surface area contributed by atoms with Crippen LogP contribution in [0.1, 0.15) is 18.5 Å². The van der Waals surface area contributed by atoms with Crippen LogP contribution >= 0.6 is 34.8 Å². The molecule has 0 aliphatic heterocycles. The van der Waals surface area contributed by atoms with Gasteiger partial charge in [-0.3, -0.25) is 0 Å². The lowest BCUT2D eigenvalue weighted by Crippen LogP contribution is -2.04. The van der Waals surface area contributed by atoms with E-state index in [1.165, 1.54) is 0 Å². The van der Waals surface area contributed by atoms with E-state index in [0.717, 1.165) is 5.56 Å². The van der Waals surface area contributed by atoms with Crippen LogP contribution in [-0.2, 0) is 0 Å². The zero-order valence-corrected chi connectivity index (χ0v) is 12.4. The van der Waals surface area contributed by atoms with Crippen molar-refractivity contribution in [2.24, 2.45) is 5.73 Å². The molecule has 5 heteroatoms. The second-order valence-electron chi connectivity index (χ2n) is 4.16. The Kier molecular flexibility index (Phi) is 4.58. The van der Waals surface area contributed by atoms with Crippen molar-refractivity contribution >= 4 is 34.8 Å². The Bertz CT molecular complexity index is 599. The van der Waals surface area contributed by atoms with Crippen LogP contribution in [0.5, 0.6) is 11.5 Å². The third-order valence-electron chi connectivity index (χ3n) is 2.60. The Morgan fingerprint density at radius 3 is 2.26 bits per heavy atom. The van der Waals surface area contributed by atoms with Crippen molar-refractivity contribution in [3.63, 3.8) is 0 Å². The molecule has 2 N–H and O–H groups in total. The van der Waals surface area contributed by atoms with Crippen LogP contribution in [0, 0.1) is 0 Å². The summed E-state index contributed by atoms with van der Waals surface area (Å²) in [7, 11) is 0. The molecule has 2 aromatic rings. The molecule has 0 amide bonds. The standard InChI is InChI=1S/C14H12Cl3NO/c1-8(18)9-2-5-14(13(17)6-9)19-10-3-4-11(15)12(16)7-10/h2-8H,18H2,1H3/t8-/m1/s1. The van der Waals surface area contributed by atoms with Gasteiger partial charge < -0.3 is 10.5 Å². The SMILES string of the molecule is C[C@@H](N)c1ccc(Oc2ccc(Cl)c(Cl)c2)c(Cl)c1. The van der Waals surface area contributed by atoms with E-state index in [-0.39, 0.29) is 6.04 Å². The number of ether oxygens (including phenoxy) is 1. The highest BCUT2D eigenvalue weighted by Gasteiger charge is 2.08. The Balaban J connectivity index is 2.25. The molecule has 0 aliphatic carbocycles. The van der Waals surface area contributed by atoms with Gasteiger partial charge in [0.05, 0.1) is 15.1 Å². The number of nitrogens with two attached hydrogens (primary N) is 1. The maximum Gasteiger partial charge on any atom is 0.146 e. The molecule has 0 unspecified atom stereocenters. The lowest BCUT2D eigenvalue weighted by Gasteiger charge is -2.11. The summed E-state index contributed by atoms with van der Waals surface area (Å²) in [6, 6.07) is 10.4. The number of rotatable bonds is 3. The first kappa shape index (κ1) is 14.5. The fraction of sp³-hybridized carbons (Fsp3) is 0.143. The molecule has 0 fully saturated rings. The van der Waals surface area contributed by atoms with Crippen LogP contribution in [0.2, 0.25) is 15.1 Å². The van der Waals surface area contributed by atoms with Gasteiger partial charge in [0.25, 0.3) is 0 Å². The zero-order chi connectivity index (χ0) is 14.0. The third-order valence-corrected chi connectivity index (χ3v) is 3.63. The fourth-order valence-electron chi connectivity index (χ4n) is 1.55. The van der Waals surface area contributed by atoms with Crippen LogP contribution < -0.4 is 10.5 Å². The Labute approximate surface area is 127 Å². The summed E-state index contributed by atoms with van der Waals surface area (Å²) >= 11 is 17.9. The summed E-state index contributed by atoms with van der Waals surface area (Å²) in [6.45, 7) is 1.89. The van der Waals surface area contributed by atoms with E-state index in [9.17, 15) is 0 Å². The largest absolute Gasteiger partial charge is 0.456 e. The maximum atomic E-state index is 6.15. The number of halogens is 3. The van der Waals surface area contributed by atoms with E-state index in [0.29, 0.717) is 26.6 Å². The van der Waals surface area contributed by atoms with Gasteiger partial charge in [-0.25, -0.2) is 0 Å². The number of hydrogen-bond acceptors (Lipinski definition) is 2. The van der Waals surface area contributed by atoms with Crippen molar-refractivity contribution in [3.05, 3.63) is 57.0 Å². The lowest BCUT2D eigenvalue weighted by atomic mass is 10.1. The van der Waals surface area contributed by atoms with E-state index in [2.05, 4.69) is 0 Å². The minimum Gasteiger partial charge on any atom is -0.456 e. The summed E-state index contributed by atoms with van der Waals surface area (Å²) in [5.41, 5.74) is 6.74. The van der Waals surface area contributed by atoms with Gasteiger partial charge in [0.1, 0.15) is 11.5 Å². The Morgan fingerprint density at radius 1 is 0.947 bits per heavy atom. The monoisotopic (exact) mass is 315 g/mol. The molecule has 0 aromatic heterocycles. The van der Waals surface area contributed by atoms with Gasteiger partial charge in [-0.15, -0.1) is 0 Å². The van der Waals surface area contributed by atoms with Crippen molar-refractivity contribution in [2.45, 2.75) is 13.0 Å². The third kappa shape index (κ3) is 3.54. The summed E-state index contributed by atoms with van der Waals surface area (Å²) < 4.78 is 5.66. The van der Waals surface area contributed by atoms with Gasteiger partial charge in [-0.2, -0.15) is 0 Å². The molecule has 0 aliphatic rings. The highest BCUT2D eigenvalue weighted by atomic mass is 35.5. The molecule has 0 radical (unpaired) electrons. The molecule has 19 heavy (non-hydrogen) atoms. The van der Waals surface area contributed by atoms with E-state index >= 15 is 0 Å². The molecule has 0 bridgehead atoms. The molecular formula is C14H12Cl3NO. The summed E-state index contributed by atoms with van der Waals surface area (Å²) in [4.78, 5) is 0. The summed E-state index contributed by atoms with van der Waals surface area (Å²) in [5, 5.41) is 1.41. The fourth-order valence-corrected chi connectivity index (χ4v) is 2.07. The average molecular weight is 317 g/mol.